The zero-order chi connectivity index (χ0) is 25.0. The minimum atomic E-state index is -4.50. The first-order valence-corrected chi connectivity index (χ1v) is 12.1. The molecule has 11 heteroatoms. The number of aryl methyl sites for hydroxylation is 1. The van der Waals surface area contributed by atoms with Crippen LogP contribution < -0.4 is 5.73 Å². The number of aromatic nitrogens is 4. The molecular weight excluding hydrogens is 461 g/mol. The molecule has 5 rings (SSSR count). The molecule has 3 N–H and O–H groups in total. The Balaban J connectivity index is 1.51. The van der Waals surface area contributed by atoms with Gasteiger partial charge >= 0.3 is 6.18 Å². The number of carbonyl (C=O) groups excluding carboxylic acids is 2. The van der Waals surface area contributed by atoms with E-state index in [0.29, 0.717) is 24.2 Å². The highest BCUT2D eigenvalue weighted by Gasteiger charge is 2.84. The van der Waals surface area contributed by atoms with Crippen molar-refractivity contribution in [3.8, 4) is 11.4 Å². The third-order valence-electron chi connectivity index (χ3n) is 8.41. The van der Waals surface area contributed by atoms with E-state index < -0.39 is 40.8 Å². The summed E-state index contributed by atoms with van der Waals surface area (Å²) in [5.41, 5.74) is 3.80. The topological polar surface area (TPSA) is 118 Å². The van der Waals surface area contributed by atoms with Gasteiger partial charge in [0.25, 0.3) is 5.91 Å². The Bertz CT molecular complexity index is 1140. The fraction of sp³-hybridized carbons (Fsp3) is 0.625. The molecular formula is C24H29F3N6O2. The maximum absolute atomic E-state index is 14.9. The number of nitrogens with two attached hydrogens (primary N) is 1. The predicted octanol–water partition coefficient (Wildman–Crippen LogP) is 3.78. The summed E-state index contributed by atoms with van der Waals surface area (Å²) < 4.78 is 44.6. The van der Waals surface area contributed by atoms with Crippen LogP contribution in [0.4, 0.5) is 13.2 Å². The number of amides is 2. The van der Waals surface area contributed by atoms with Crippen molar-refractivity contribution in [2.45, 2.75) is 70.0 Å². The van der Waals surface area contributed by atoms with Crippen LogP contribution in [-0.2, 0) is 4.79 Å². The SMILES string of the molecule is Cc1cc(-c2cc(C(=O)N3CCC(C(N)=O)CC34CC4(C3CCCCC3)C(F)(F)F)[nH]n2)ncn1. The predicted molar refractivity (Wildman–Crippen MR) is 120 cm³/mol. The number of hydrogen-bond donors (Lipinski definition) is 2. The number of alkyl halides is 3. The van der Waals surface area contributed by atoms with Gasteiger partial charge in [0.15, 0.2) is 0 Å². The van der Waals surface area contributed by atoms with Gasteiger partial charge in [-0.25, -0.2) is 9.97 Å². The molecule has 8 nitrogen and oxygen atoms in total. The lowest BCUT2D eigenvalue weighted by molar-refractivity contribution is -0.222. The Morgan fingerprint density at radius 1 is 1.11 bits per heavy atom. The molecule has 1 saturated heterocycles. The van der Waals surface area contributed by atoms with E-state index in [1.165, 1.54) is 17.3 Å². The van der Waals surface area contributed by atoms with Gasteiger partial charge in [-0.05, 0) is 57.1 Å². The first-order chi connectivity index (χ1) is 16.6. The van der Waals surface area contributed by atoms with Crippen molar-refractivity contribution >= 4 is 11.8 Å². The van der Waals surface area contributed by atoms with Gasteiger partial charge in [0, 0.05) is 18.2 Å². The second kappa shape index (κ2) is 8.30. The highest BCUT2D eigenvalue weighted by molar-refractivity contribution is 5.94. The fourth-order valence-corrected chi connectivity index (χ4v) is 6.68. The van der Waals surface area contributed by atoms with Crippen LogP contribution in [0.2, 0.25) is 0 Å². The lowest BCUT2D eigenvalue weighted by Gasteiger charge is -2.45. The Labute approximate surface area is 200 Å². The van der Waals surface area contributed by atoms with Crippen LogP contribution in [0.1, 0.15) is 67.5 Å². The maximum Gasteiger partial charge on any atom is 0.397 e. The van der Waals surface area contributed by atoms with Crippen LogP contribution in [0.5, 0.6) is 0 Å². The summed E-state index contributed by atoms with van der Waals surface area (Å²) in [6.45, 7) is 1.84. The van der Waals surface area contributed by atoms with E-state index >= 15 is 0 Å². The third kappa shape index (κ3) is 3.70. The summed E-state index contributed by atoms with van der Waals surface area (Å²) in [5, 5.41) is 6.86. The number of carbonyl (C=O) groups is 2. The van der Waals surface area contributed by atoms with Crippen LogP contribution in [0.25, 0.3) is 11.4 Å². The number of nitrogens with zero attached hydrogens (tertiary/aromatic N) is 4. The van der Waals surface area contributed by atoms with Gasteiger partial charge in [-0.2, -0.15) is 18.3 Å². The summed E-state index contributed by atoms with van der Waals surface area (Å²) in [5.74, 6) is -2.40. The molecule has 3 unspecified atom stereocenters. The fourth-order valence-electron chi connectivity index (χ4n) is 6.68. The number of aromatic amines is 1. The molecule has 2 aromatic rings. The number of rotatable bonds is 4. The highest BCUT2D eigenvalue weighted by Crippen LogP contribution is 2.76. The molecule has 2 saturated carbocycles. The average Bonchev–Trinajstić information content (AvgIpc) is 3.23. The minimum absolute atomic E-state index is 0.0396. The molecule has 2 aromatic heterocycles. The lowest BCUT2D eigenvalue weighted by atomic mass is 9.71. The van der Waals surface area contributed by atoms with Gasteiger partial charge in [0.2, 0.25) is 5.91 Å². The molecule has 1 spiro atoms. The number of hydrogen-bond acceptors (Lipinski definition) is 5. The van der Waals surface area contributed by atoms with E-state index in [1.54, 1.807) is 13.0 Å². The number of halogens is 3. The molecule has 2 amide bonds. The third-order valence-corrected chi connectivity index (χ3v) is 8.41. The summed E-state index contributed by atoms with van der Waals surface area (Å²) in [4.78, 5) is 35.3. The summed E-state index contributed by atoms with van der Waals surface area (Å²) in [7, 11) is 0. The maximum atomic E-state index is 14.9. The summed E-state index contributed by atoms with van der Waals surface area (Å²) in [6.07, 6.45) is 0.254. The zero-order valence-corrected chi connectivity index (χ0v) is 19.6. The first-order valence-electron chi connectivity index (χ1n) is 12.1. The van der Waals surface area contributed by atoms with Crippen LogP contribution in [-0.4, -0.2) is 55.1 Å². The van der Waals surface area contributed by atoms with Crippen LogP contribution in [0.15, 0.2) is 18.5 Å². The average molecular weight is 491 g/mol. The van der Waals surface area contributed by atoms with Crippen LogP contribution in [0, 0.1) is 24.2 Å². The molecule has 1 aliphatic heterocycles. The van der Waals surface area contributed by atoms with E-state index in [2.05, 4.69) is 20.2 Å². The van der Waals surface area contributed by atoms with Gasteiger partial charge in [-0.3, -0.25) is 14.7 Å². The molecule has 0 aromatic carbocycles. The van der Waals surface area contributed by atoms with Gasteiger partial charge in [0.1, 0.15) is 17.7 Å². The quantitative estimate of drug-likeness (QED) is 0.676. The molecule has 0 bridgehead atoms. The molecule has 3 aliphatic rings. The number of likely N-dealkylation sites (tertiary alicyclic amines) is 1. The van der Waals surface area contributed by atoms with Crippen molar-refractivity contribution in [3.05, 3.63) is 29.8 Å². The van der Waals surface area contributed by atoms with Gasteiger partial charge in [0.05, 0.1) is 16.6 Å². The van der Waals surface area contributed by atoms with Crippen LogP contribution in [0.3, 0.4) is 0 Å². The Morgan fingerprint density at radius 2 is 1.86 bits per heavy atom. The van der Waals surface area contributed by atoms with E-state index in [0.717, 1.165) is 25.0 Å². The second-order valence-corrected chi connectivity index (χ2v) is 10.3. The van der Waals surface area contributed by atoms with Crippen molar-refractivity contribution in [2.75, 3.05) is 6.54 Å². The van der Waals surface area contributed by atoms with Gasteiger partial charge in [-0.15, -0.1) is 0 Å². The largest absolute Gasteiger partial charge is 0.397 e. The summed E-state index contributed by atoms with van der Waals surface area (Å²) in [6, 6.07) is 3.22. The van der Waals surface area contributed by atoms with Gasteiger partial charge < -0.3 is 10.6 Å². The molecule has 2 aliphatic carbocycles. The number of primary amides is 1. The van der Waals surface area contributed by atoms with E-state index in [1.807, 2.05) is 0 Å². The second-order valence-electron chi connectivity index (χ2n) is 10.3. The Kier molecular flexibility index (Phi) is 5.63. The van der Waals surface area contributed by atoms with Crippen molar-refractivity contribution < 1.29 is 22.8 Å². The van der Waals surface area contributed by atoms with E-state index in [9.17, 15) is 22.8 Å². The minimum Gasteiger partial charge on any atom is -0.369 e. The number of piperidine rings is 1. The normalized spacial score (nSPS) is 29.4. The molecule has 3 heterocycles. The number of nitrogens with one attached hydrogen (secondary N) is 1. The van der Waals surface area contributed by atoms with Crippen molar-refractivity contribution in [1.29, 1.82) is 0 Å². The molecule has 188 valence electrons. The highest BCUT2D eigenvalue weighted by atomic mass is 19.4. The van der Waals surface area contributed by atoms with E-state index in [4.69, 9.17) is 5.73 Å². The molecule has 3 fully saturated rings. The van der Waals surface area contributed by atoms with Crippen molar-refractivity contribution in [2.24, 2.45) is 23.0 Å². The monoisotopic (exact) mass is 490 g/mol. The van der Waals surface area contributed by atoms with Crippen molar-refractivity contribution in [3.63, 3.8) is 0 Å². The molecule has 3 atom stereocenters. The Hall–Kier alpha value is -2.98. The first kappa shape index (κ1) is 23.7. The summed E-state index contributed by atoms with van der Waals surface area (Å²) >= 11 is 0. The zero-order valence-electron chi connectivity index (χ0n) is 19.6. The standard InChI is InChI=1S/C24H29F3N6O2/c1-14-9-17(30-13-29-14)18-10-19(32-31-18)21(35)33-8-7-15(20(28)34)11-22(33)12-23(22,24(25,26)27)16-5-3-2-4-6-16/h9-10,13,15-16H,2-8,11-12H2,1H3,(H2,28,34)(H,31,32). The smallest absolute Gasteiger partial charge is 0.369 e. The lowest BCUT2D eigenvalue weighted by Crippen LogP contribution is -2.56. The van der Waals surface area contributed by atoms with Crippen LogP contribution >= 0.6 is 0 Å². The number of H-pyrrole nitrogens is 1. The molecule has 0 radical (unpaired) electrons. The van der Waals surface area contributed by atoms with Gasteiger partial charge in [-0.1, -0.05) is 19.3 Å². The molecule has 35 heavy (non-hydrogen) atoms. The van der Waals surface area contributed by atoms with E-state index in [-0.39, 0.29) is 31.5 Å². The Morgan fingerprint density at radius 3 is 2.51 bits per heavy atom. The van der Waals surface area contributed by atoms with Crippen molar-refractivity contribution in [1.82, 2.24) is 25.1 Å².